The first-order valence-electron chi connectivity index (χ1n) is 8.61. The molecular weight excluding hydrogens is 459 g/mol. The van der Waals surface area contributed by atoms with Crippen molar-refractivity contribution in [2.24, 2.45) is 0 Å². The van der Waals surface area contributed by atoms with Crippen LogP contribution in [0.5, 0.6) is 0 Å². The molecule has 0 atom stereocenters. The molecule has 0 bridgehead atoms. The Morgan fingerprint density at radius 3 is 2.42 bits per heavy atom. The summed E-state index contributed by atoms with van der Waals surface area (Å²) in [6.45, 7) is 2.94. The molecule has 2 N–H and O–H groups in total. The summed E-state index contributed by atoms with van der Waals surface area (Å²) in [5, 5.41) is 6.03. The summed E-state index contributed by atoms with van der Waals surface area (Å²) in [6, 6.07) is 6.59. The van der Waals surface area contributed by atoms with E-state index >= 15 is 0 Å². The number of nitrogens with zero attached hydrogens (tertiary/aromatic N) is 1. The molecule has 2 aromatic carbocycles. The smallest absolute Gasteiger partial charge is 0.361 e. The largest absolute Gasteiger partial charge is 0.418 e. The van der Waals surface area contributed by atoms with Crippen molar-refractivity contribution in [2.45, 2.75) is 24.9 Å². The van der Waals surface area contributed by atoms with Gasteiger partial charge in [-0.1, -0.05) is 16.8 Å². The number of aryl methyl sites for hydroxylation is 2. The van der Waals surface area contributed by atoms with E-state index in [9.17, 15) is 26.4 Å². The zero-order chi connectivity index (χ0) is 23.0. The second-order valence-electron chi connectivity index (χ2n) is 6.52. The third-order valence-corrected chi connectivity index (χ3v) is 6.01. The van der Waals surface area contributed by atoms with E-state index in [4.69, 9.17) is 16.1 Å². The van der Waals surface area contributed by atoms with Gasteiger partial charge in [0.05, 0.1) is 22.3 Å². The minimum Gasteiger partial charge on any atom is -0.361 e. The highest BCUT2D eigenvalue weighted by Crippen LogP contribution is 2.38. The minimum atomic E-state index is -4.90. The first-order valence-corrected chi connectivity index (χ1v) is 10.5. The van der Waals surface area contributed by atoms with Crippen LogP contribution in [-0.2, 0) is 16.2 Å². The van der Waals surface area contributed by atoms with Gasteiger partial charge in [0.25, 0.3) is 15.9 Å². The van der Waals surface area contributed by atoms with Gasteiger partial charge < -0.3 is 9.84 Å². The molecule has 0 aliphatic rings. The Balaban J connectivity index is 1.95. The Kier molecular flexibility index (Phi) is 6.01. The van der Waals surface area contributed by atoms with E-state index < -0.39 is 33.4 Å². The molecule has 12 heteroatoms. The van der Waals surface area contributed by atoms with E-state index in [2.05, 4.69) is 10.5 Å². The van der Waals surface area contributed by atoms with E-state index in [0.717, 1.165) is 18.3 Å². The van der Waals surface area contributed by atoms with Crippen molar-refractivity contribution in [3.63, 3.8) is 0 Å². The van der Waals surface area contributed by atoms with Crippen LogP contribution in [0.1, 0.15) is 27.2 Å². The summed E-state index contributed by atoms with van der Waals surface area (Å²) >= 11 is 5.81. The highest BCUT2D eigenvalue weighted by molar-refractivity contribution is 7.92. The van der Waals surface area contributed by atoms with Crippen LogP contribution in [0.4, 0.5) is 24.5 Å². The van der Waals surface area contributed by atoms with Crippen molar-refractivity contribution < 1.29 is 30.9 Å². The average Bonchev–Trinajstić information content (AvgIpc) is 3.07. The van der Waals surface area contributed by atoms with Crippen molar-refractivity contribution in [3.8, 4) is 0 Å². The average molecular weight is 474 g/mol. The van der Waals surface area contributed by atoms with Gasteiger partial charge in [-0.05, 0) is 55.8 Å². The molecular formula is C19H15ClF3N3O4S. The lowest BCUT2D eigenvalue weighted by atomic mass is 10.1. The van der Waals surface area contributed by atoms with E-state index in [-0.39, 0.29) is 32.5 Å². The molecule has 0 radical (unpaired) electrons. The highest BCUT2D eigenvalue weighted by atomic mass is 35.5. The number of benzene rings is 2. The van der Waals surface area contributed by atoms with Crippen molar-refractivity contribution in [3.05, 3.63) is 70.1 Å². The SMILES string of the molecule is Cc1cc(Cl)ccc1S(=O)(=O)Nc1ccc(NC(=O)c2cnoc2C)cc1C(F)(F)F. The number of sulfonamides is 1. The third kappa shape index (κ3) is 5.00. The fourth-order valence-corrected chi connectivity index (χ4v) is 4.31. The lowest BCUT2D eigenvalue weighted by Gasteiger charge is -2.17. The Bertz CT molecular complexity index is 1260. The summed E-state index contributed by atoms with van der Waals surface area (Å²) < 4.78 is 72.9. The van der Waals surface area contributed by atoms with Crippen LogP contribution >= 0.6 is 11.6 Å². The number of anilines is 2. The number of halogens is 4. The molecule has 1 heterocycles. The van der Waals surface area contributed by atoms with Crippen LogP contribution in [0.25, 0.3) is 0 Å². The topological polar surface area (TPSA) is 101 Å². The maximum Gasteiger partial charge on any atom is 0.418 e. The molecule has 3 rings (SSSR count). The van der Waals surface area contributed by atoms with Gasteiger partial charge in [-0.15, -0.1) is 0 Å². The standard InChI is InChI=1S/C19H15ClF3N3O4S/c1-10-7-12(20)3-6-17(10)31(28,29)26-16-5-4-13(8-15(16)19(21,22)23)25-18(27)14-9-24-30-11(14)2/h3-9,26H,1-2H3,(H,25,27). The Hall–Kier alpha value is -3.05. The quantitative estimate of drug-likeness (QED) is 0.542. The predicted octanol–water partition coefficient (Wildman–Crippen LogP) is 5.02. The van der Waals surface area contributed by atoms with E-state index in [1.165, 1.54) is 32.0 Å². The molecule has 1 amide bonds. The van der Waals surface area contributed by atoms with Gasteiger partial charge in [0, 0.05) is 10.7 Å². The van der Waals surface area contributed by atoms with Crippen LogP contribution in [0, 0.1) is 13.8 Å². The Labute approximate surface area is 180 Å². The molecule has 0 aliphatic heterocycles. The summed E-state index contributed by atoms with van der Waals surface area (Å²) in [4.78, 5) is 12.0. The number of amides is 1. The summed E-state index contributed by atoms with van der Waals surface area (Å²) in [5.41, 5.74) is -1.84. The normalized spacial score (nSPS) is 11.9. The van der Waals surface area contributed by atoms with Crippen LogP contribution in [0.3, 0.4) is 0 Å². The van der Waals surface area contributed by atoms with Gasteiger partial charge in [0.15, 0.2) is 0 Å². The molecule has 164 valence electrons. The second kappa shape index (κ2) is 8.23. The monoisotopic (exact) mass is 473 g/mol. The maximum absolute atomic E-state index is 13.6. The lowest BCUT2D eigenvalue weighted by Crippen LogP contribution is -2.19. The first-order chi connectivity index (χ1) is 14.4. The number of hydrogen-bond acceptors (Lipinski definition) is 5. The van der Waals surface area contributed by atoms with Crippen LogP contribution in [0.2, 0.25) is 5.02 Å². The summed E-state index contributed by atoms with van der Waals surface area (Å²) in [6.07, 6.45) is -3.77. The fraction of sp³-hybridized carbons (Fsp3) is 0.158. The molecule has 0 spiro atoms. The Morgan fingerprint density at radius 1 is 1.13 bits per heavy atom. The number of alkyl halides is 3. The number of hydrogen-bond donors (Lipinski definition) is 2. The number of nitrogens with one attached hydrogen (secondary N) is 2. The van der Waals surface area contributed by atoms with Crippen LogP contribution < -0.4 is 10.0 Å². The molecule has 3 aromatic rings. The number of rotatable bonds is 5. The second-order valence-corrected chi connectivity index (χ2v) is 8.61. The molecule has 7 nitrogen and oxygen atoms in total. The van der Waals surface area contributed by atoms with E-state index in [1.54, 1.807) is 0 Å². The van der Waals surface area contributed by atoms with Crippen molar-refractivity contribution >= 4 is 38.9 Å². The molecule has 0 saturated carbocycles. The zero-order valence-corrected chi connectivity index (χ0v) is 17.6. The van der Waals surface area contributed by atoms with Gasteiger partial charge in [-0.3, -0.25) is 9.52 Å². The van der Waals surface area contributed by atoms with Crippen molar-refractivity contribution in [1.29, 1.82) is 0 Å². The van der Waals surface area contributed by atoms with E-state index in [0.29, 0.717) is 6.07 Å². The zero-order valence-electron chi connectivity index (χ0n) is 16.0. The van der Waals surface area contributed by atoms with Gasteiger partial charge >= 0.3 is 6.18 Å². The van der Waals surface area contributed by atoms with Crippen molar-refractivity contribution in [2.75, 3.05) is 10.0 Å². The fourth-order valence-electron chi connectivity index (χ4n) is 2.77. The Morgan fingerprint density at radius 2 is 1.84 bits per heavy atom. The van der Waals surface area contributed by atoms with Crippen LogP contribution in [-0.4, -0.2) is 19.5 Å². The molecule has 0 fully saturated rings. The molecule has 1 aromatic heterocycles. The number of carbonyl (C=O) groups is 1. The molecule has 0 aliphatic carbocycles. The lowest BCUT2D eigenvalue weighted by molar-refractivity contribution is -0.136. The summed E-state index contributed by atoms with van der Waals surface area (Å²) in [7, 11) is -4.34. The first kappa shape index (κ1) is 22.6. The molecule has 0 unspecified atom stereocenters. The van der Waals surface area contributed by atoms with Crippen molar-refractivity contribution in [1.82, 2.24) is 5.16 Å². The van der Waals surface area contributed by atoms with Crippen LogP contribution in [0.15, 0.2) is 52.0 Å². The summed E-state index contributed by atoms with van der Waals surface area (Å²) in [5.74, 6) is -0.534. The van der Waals surface area contributed by atoms with Gasteiger partial charge in [0.1, 0.15) is 11.3 Å². The van der Waals surface area contributed by atoms with Gasteiger partial charge in [-0.25, -0.2) is 8.42 Å². The molecule has 31 heavy (non-hydrogen) atoms. The molecule has 0 saturated heterocycles. The maximum atomic E-state index is 13.6. The minimum absolute atomic E-state index is 0.0524. The third-order valence-electron chi connectivity index (χ3n) is 4.25. The number of carbonyl (C=O) groups excluding carboxylic acids is 1. The van der Waals surface area contributed by atoms with Gasteiger partial charge in [-0.2, -0.15) is 13.2 Å². The number of aromatic nitrogens is 1. The predicted molar refractivity (Wildman–Crippen MR) is 108 cm³/mol. The highest BCUT2D eigenvalue weighted by Gasteiger charge is 2.35. The van der Waals surface area contributed by atoms with E-state index in [1.807, 2.05) is 4.72 Å². The van der Waals surface area contributed by atoms with Gasteiger partial charge in [0.2, 0.25) is 0 Å².